The Hall–Kier alpha value is 0.640. The van der Waals surface area contributed by atoms with Crippen molar-refractivity contribution in [2.75, 3.05) is 17.8 Å². The van der Waals surface area contributed by atoms with E-state index in [1.807, 2.05) is 0 Å². The van der Waals surface area contributed by atoms with E-state index in [4.69, 9.17) is 0 Å². The zero-order valence-corrected chi connectivity index (χ0v) is 23.7. The molecular weight excluding hydrogens is 416 g/mol. The molecule has 0 radical (unpaired) electrons. The van der Waals surface area contributed by atoms with Gasteiger partial charge in [0.25, 0.3) is 0 Å². The molecule has 0 spiro atoms. The molecule has 0 amide bonds. The second-order valence-corrected chi connectivity index (χ2v) is 12.3. The maximum absolute atomic E-state index is 2.52. The predicted molar refractivity (Wildman–Crippen MR) is 145 cm³/mol. The van der Waals surface area contributed by atoms with Crippen LogP contribution in [0.4, 0.5) is 0 Å². The lowest BCUT2D eigenvalue weighted by molar-refractivity contribution is -0.00000679. The third-order valence-corrected chi connectivity index (χ3v) is 8.66. The quantitative estimate of drug-likeness (QED) is 0.0887. The third kappa shape index (κ3) is 30.6. The Labute approximate surface area is 208 Å². The number of rotatable bonds is 26. The third-order valence-electron chi connectivity index (χ3n) is 6.69. The first kappa shape index (κ1) is 33.8. The van der Waals surface area contributed by atoms with Gasteiger partial charge in [-0.1, -0.05) is 142 Å². The molecular formula is C29H61ClS. The van der Waals surface area contributed by atoms with E-state index in [0.29, 0.717) is 10.9 Å². The smallest absolute Gasteiger partial charge is 0.107 e. The van der Waals surface area contributed by atoms with Crippen LogP contribution < -0.4 is 12.4 Å². The topological polar surface area (TPSA) is 0 Å². The van der Waals surface area contributed by atoms with Gasteiger partial charge >= 0.3 is 0 Å². The van der Waals surface area contributed by atoms with Gasteiger partial charge in [0, 0.05) is 0 Å². The Morgan fingerprint density at radius 1 is 0.323 bits per heavy atom. The van der Waals surface area contributed by atoms with Gasteiger partial charge in [-0.15, -0.1) is 0 Å². The Bertz CT molecular complexity index is 294. The van der Waals surface area contributed by atoms with Crippen LogP contribution >= 0.6 is 0 Å². The van der Waals surface area contributed by atoms with Gasteiger partial charge < -0.3 is 12.4 Å². The van der Waals surface area contributed by atoms with Gasteiger partial charge in [-0.25, -0.2) is 0 Å². The first-order valence-corrected chi connectivity index (χ1v) is 16.4. The molecule has 1 unspecified atom stereocenters. The molecule has 0 fully saturated rings. The second-order valence-electron chi connectivity index (χ2n) is 9.97. The minimum absolute atomic E-state index is 0. The number of unbranched alkanes of at least 4 members (excludes halogenated alkanes) is 22. The Morgan fingerprint density at radius 2 is 0.516 bits per heavy atom. The van der Waals surface area contributed by atoms with E-state index in [1.54, 1.807) is 0 Å². The van der Waals surface area contributed by atoms with E-state index in [0.717, 1.165) is 0 Å². The molecule has 0 saturated heterocycles. The van der Waals surface area contributed by atoms with Crippen LogP contribution in [-0.4, -0.2) is 17.8 Å². The maximum Gasteiger partial charge on any atom is 0.107 e. The minimum atomic E-state index is 0. The summed E-state index contributed by atoms with van der Waals surface area (Å²) < 4.78 is 0. The molecule has 1 atom stereocenters. The molecule has 0 N–H and O–H groups in total. The van der Waals surface area contributed by atoms with E-state index in [-0.39, 0.29) is 12.4 Å². The number of hydrogen-bond donors (Lipinski definition) is 0. The summed E-state index contributed by atoms with van der Waals surface area (Å²) >= 11 is 0. The second kappa shape index (κ2) is 30.6. The number of halogens is 1. The molecule has 0 aliphatic heterocycles. The lowest BCUT2D eigenvalue weighted by Gasteiger charge is -2.05. The van der Waals surface area contributed by atoms with Gasteiger partial charge in [-0.05, 0) is 36.6 Å². The van der Waals surface area contributed by atoms with Crippen molar-refractivity contribution in [2.24, 2.45) is 0 Å². The fourth-order valence-corrected chi connectivity index (χ4v) is 6.08. The van der Waals surface area contributed by atoms with Crippen LogP contribution in [0.25, 0.3) is 0 Å². The molecule has 0 aromatic rings. The van der Waals surface area contributed by atoms with Crippen LogP contribution in [0.2, 0.25) is 0 Å². The normalized spacial score (nSPS) is 12.1. The van der Waals surface area contributed by atoms with Gasteiger partial charge in [-0.3, -0.25) is 0 Å². The molecule has 0 saturated carbocycles. The highest BCUT2D eigenvalue weighted by atomic mass is 35.5. The zero-order valence-electron chi connectivity index (χ0n) is 22.2. The largest absolute Gasteiger partial charge is 1.00 e. The van der Waals surface area contributed by atoms with E-state index in [9.17, 15) is 0 Å². The van der Waals surface area contributed by atoms with E-state index < -0.39 is 0 Å². The molecule has 0 bridgehead atoms. The first-order chi connectivity index (χ1) is 14.8. The van der Waals surface area contributed by atoms with Crippen LogP contribution in [-0.2, 0) is 10.9 Å². The summed E-state index contributed by atoms with van der Waals surface area (Å²) in [5.74, 6) is 3.02. The highest BCUT2D eigenvalue weighted by molar-refractivity contribution is 7.96. The van der Waals surface area contributed by atoms with Crippen LogP contribution in [0.1, 0.15) is 168 Å². The fraction of sp³-hybridized carbons (Fsp3) is 1.00. The minimum Gasteiger partial charge on any atom is -1.00 e. The Balaban J connectivity index is 0. The standard InChI is InChI=1S/C29H61S.ClH/c1-4-6-8-10-12-14-16-17-18-19-21-23-25-27-29-30(3)28-26-24-22-20-15-13-11-9-7-5-2;/h4-29H2,1-3H3;1H/q+1;/p-1. The molecule has 31 heavy (non-hydrogen) atoms. The predicted octanol–water partition coefficient (Wildman–Crippen LogP) is 7.64. The molecule has 0 nitrogen and oxygen atoms in total. The van der Waals surface area contributed by atoms with Crippen molar-refractivity contribution >= 4 is 10.9 Å². The van der Waals surface area contributed by atoms with Gasteiger partial charge in [0.2, 0.25) is 0 Å². The van der Waals surface area contributed by atoms with Crippen molar-refractivity contribution in [3.8, 4) is 0 Å². The Morgan fingerprint density at radius 3 is 0.742 bits per heavy atom. The first-order valence-electron chi connectivity index (χ1n) is 14.4. The van der Waals surface area contributed by atoms with E-state index in [1.165, 1.54) is 166 Å². The number of hydrogen-bond acceptors (Lipinski definition) is 0. The van der Waals surface area contributed by atoms with Crippen LogP contribution in [0, 0.1) is 0 Å². The lowest BCUT2D eigenvalue weighted by atomic mass is 10.0. The zero-order chi connectivity index (χ0) is 22.0. The van der Waals surface area contributed by atoms with Crippen LogP contribution in [0.3, 0.4) is 0 Å². The summed E-state index contributed by atoms with van der Waals surface area (Å²) in [6.07, 6.45) is 37.9. The van der Waals surface area contributed by atoms with Crippen molar-refractivity contribution in [3.63, 3.8) is 0 Å². The molecule has 0 heterocycles. The van der Waals surface area contributed by atoms with Crippen LogP contribution in [0.15, 0.2) is 0 Å². The molecule has 0 aliphatic rings. The van der Waals surface area contributed by atoms with E-state index in [2.05, 4.69) is 20.1 Å². The fourth-order valence-electron chi connectivity index (χ4n) is 4.48. The maximum atomic E-state index is 2.52. The average Bonchev–Trinajstić information content (AvgIpc) is 2.75. The van der Waals surface area contributed by atoms with Crippen LogP contribution in [0.5, 0.6) is 0 Å². The molecule has 0 aromatic heterocycles. The molecule has 0 aromatic carbocycles. The van der Waals surface area contributed by atoms with Crippen molar-refractivity contribution in [1.29, 1.82) is 0 Å². The molecule has 190 valence electrons. The molecule has 0 rings (SSSR count). The van der Waals surface area contributed by atoms with Gasteiger partial charge in [-0.2, -0.15) is 0 Å². The lowest BCUT2D eigenvalue weighted by Crippen LogP contribution is -3.00. The van der Waals surface area contributed by atoms with Crippen molar-refractivity contribution in [1.82, 2.24) is 0 Å². The highest BCUT2D eigenvalue weighted by Gasteiger charge is 2.09. The van der Waals surface area contributed by atoms with Gasteiger partial charge in [0.15, 0.2) is 0 Å². The van der Waals surface area contributed by atoms with Crippen molar-refractivity contribution in [3.05, 3.63) is 0 Å². The van der Waals surface area contributed by atoms with Crippen molar-refractivity contribution in [2.45, 2.75) is 168 Å². The van der Waals surface area contributed by atoms with Crippen molar-refractivity contribution < 1.29 is 12.4 Å². The molecule has 0 aliphatic carbocycles. The summed E-state index contributed by atoms with van der Waals surface area (Å²) in [6.45, 7) is 4.61. The monoisotopic (exact) mass is 476 g/mol. The summed E-state index contributed by atoms with van der Waals surface area (Å²) in [6, 6.07) is 0. The average molecular weight is 477 g/mol. The highest BCUT2D eigenvalue weighted by Crippen LogP contribution is 2.14. The van der Waals surface area contributed by atoms with Gasteiger partial charge in [0.1, 0.15) is 11.5 Å². The molecule has 2 heteroatoms. The van der Waals surface area contributed by atoms with E-state index >= 15 is 0 Å². The summed E-state index contributed by atoms with van der Waals surface area (Å²) in [5.41, 5.74) is 0. The SMILES string of the molecule is CCCCCCCCCCCCCCCC[S+](C)CCCCCCCCCCCC.[Cl-]. The summed E-state index contributed by atoms with van der Waals surface area (Å²) in [7, 11) is 0.701. The Kier molecular flexibility index (Phi) is 33.4. The summed E-state index contributed by atoms with van der Waals surface area (Å²) in [5, 5.41) is 0. The van der Waals surface area contributed by atoms with Gasteiger partial charge in [0.05, 0.1) is 6.26 Å². The summed E-state index contributed by atoms with van der Waals surface area (Å²) in [4.78, 5) is 0.